The molecule has 0 aliphatic carbocycles. The molecule has 2 aromatic carbocycles. The fourth-order valence-corrected chi connectivity index (χ4v) is 3.03. The van der Waals surface area contributed by atoms with Gasteiger partial charge in [0.05, 0.1) is 0 Å². The molecule has 3 aromatic rings. The first-order chi connectivity index (χ1) is 13.4. The second-order valence-corrected chi connectivity index (χ2v) is 8.36. The van der Waals surface area contributed by atoms with Crippen LogP contribution in [-0.2, 0) is 4.79 Å². The van der Waals surface area contributed by atoms with E-state index in [0.717, 1.165) is 16.8 Å². The Morgan fingerprint density at radius 3 is 2.32 bits per heavy atom. The number of halogens is 3. The molecule has 0 radical (unpaired) electrons. The van der Waals surface area contributed by atoms with E-state index in [2.05, 4.69) is 20.7 Å². The van der Waals surface area contributed by atoms with Crippen molar-refractivity contribution in [3.8, 4) is 0 Å². The van der Waals surface area contributed by atoms with E-state index in [0.29, 0.717) is 5.95 Å². The van der Waals surface area contributed by atoms with Crippen LogP contribution in [0.4, 0.5) is 11.9 Å². The van der Waals surface area contributed by atoms with E-state index in [1.165, 1.54) is 0 Å². The van der Waals surface area contributed by atoms with Crippen molar-refractivity contribution in [3.63, 3.8) is 0 Å². The Morgan fingerprint density at radius 1 is 1.04 bits per heavy atom. The van der Waals surface area contributed by atoms with E-state index < -0.39 is 9.70 Å². The van der Waals surface area contributed by atoms with Gasteiger partial charge in [0, 0.05) is 5.70 Å². The van der Waals surface area contributed by atoms with Crippen molar-refractivity contribution in [2.75, 3.05) is 10.6 Å². The Hall–Kier alpha value is -2.54. The number of allylic oxidation sites excluding steroid dienone is 1. The minimum atomic E-state index is -2.11. The van der Waals surface area contributed by atoms with Crippen LogP contribution in [0.2, 0.25) is 0 Å². The maximum Gasteiger partial charge on any atom is 0.278 e. The fourth-order valence-electron chi connectivity index (χ4n) is 2.89. The van der Waals surface area contributed by atoms with Crippen LogP contribution in [-0.4, -0.2) is 24.5 Å². The van der Waals surface area contributed by atoms with Gasteiger partial charge in [-0.05, 0) is 17.2 Å². The van der Waals surface area contributed by atoms with Gasteiger partial charge in [-0.3, -0.25) is 10.1 Å². The number of alkyl halides is 3. The summed E-state index contributed by atoms with van der Waals surface area (Å²) in [5, 5.41) is 10.1. The van der Waals surface area contributed by atoms with Crippen LogP contribution >= 0.6 is 34.8 Å². The highest BCUT2D eigenvalue weighted by molar-refractivity contribution is 6.76. The van der Waals surface area contributed by atoms with Crippen LogP contribution in [0.25, 0.3) is 5.70 Å². The van der Waals surface area contributed by atoms with Gasteiger partial charge in [0.1, 0.15) is 6.04 Å². The molecule has 142 valence electrons. The number of nitrogens with zero attached hydrogens (tertiary/aromatic N) is 3. The van der Waals surface area contributed by atoms with E-state index in [-0.39, 0.29) is 12.0 Å². The number of benzene rings is 2. The highest BCUT2D eigenvalue weighted by atomic mass is 35.6. The molecule has 0 fully saturated rings. The molecule has 2 heterocycles. The number of rotatable bonds is 3. The molecule has 4 rings (SSSR count). The molecule has 0 spiro atoms. The zero-order valence-electron chi connectivity index (χ0n) is 14.3. The molecular formula is C19H14Cl3N5O. The summed E-state index contributed by atoms with van der Waals surface area (Å²) in [7, 11) is 0. The van der Waals surface area contributed by atoms with Crippen molar-refractivity contribution in [2.24, 2.45) is 0 Å². The fraction of sp³-hybridized carbons (Fsp3) is 0.105. The highest BCUT2D eigenvalue weighted by Gasteiger charge is 2.33. The van der Waals surface area contributed by atoms with Gasteiger partial charge < -0.3 is 5.32 Å². The van der Waals surface area contributed by atoms with Crippen molar-refractivity contribution in [2.45, 2.75) is 9.83 Å². The van der Waals surface area contributed by atoms with E-state index >= 15 is 0 Å². The lowest BCUT2D eigenvalue weighted by Crippen LogP contribution is -2.27. The summed E-state index contributed by atoms with van der Waals surface area (Å²) in [4.78, 5) is 16.3. The van der Waals surface area contributed by atoms with Gasteiger partial charge in [0.15, 0.2) is 0 Å². The standard InChI is InChI=1S/C19H14Cl3N5O/c20-19(21,22)16(28)24-17-25-18-23-14(12-7-3-1-4-8-12)11-15(27(18)26-17)13-9-5-2-6-10-13/h1-11,15H,(H2,23,24,25,26,28). The number of hydrogen-bond acceptors (Lipinski definition) is 4. The maximum atomic E-state index is 12.0. The molecular weight excluding hydrogens is 421 g/mol. The van der Waals surface area contributed by atoms with Crippen LogP contribution in [0.15, 0.2) is 66.7 Å². The molecule has 1 aliphatic rings. The number of nitrogens with one attached hydrogen (secondary N) is 2. The number of carbonyl (C=O) groups is 1. The molecule has 0 saturated carbocycles. The molecule has 0 saturated heterocycles. The molecule has 1 aromatic heterocycles. The van der Waals surface area contributed by atoms with Gasteiger partial charge in [-0.25, -0.2) is 4.68 Å². The predicted octanol–water partition coefficient (Wildman–Crippen LogP) is 4.64. The number of anilines is 2. The smallest absolute Gasteiger partial charge is 0.278 e. The number of fused-ring (bicyclic) bond motifs is 1. The first kappa shape index (κ1) is 18.8. The molecule has 28 heavy (non-hydrogen) atoms. The maximum absolute atomic E-state index is 12.0. The van der Waals surface area contributed by atoms with Crippen LogP contribution < -0.4 is 10.6 Å². The monoisotopic (exact) mass is 433 g/mol. The lowest BCUT2D eigenvalue weighted by atomic mass is 10.0. The number of amides is 1. The Kier molecular flexibility index (Phi) is 5.02. The normalized spacial score (nSPS) is 16.0. The summed E-state index contributed by atoms with van der Waals surface area (Å²) < 4.78 is -0.429. The third-order valence-electron chi connectivity index (χ3n) is 4.17. The van der Waals surface area contributed by atoms with Gasteiger partial charge >= 0.3 is 0 Å². The van der Waals surface area contributed by atoms with E-state index in [1.54, 1.807) is 4.68 Å². The van der Waals surface area contributed by atoms with E-state index in [1.807, 2.05) is 66.7 Å². The van der Waals surface area contributed by atoms with Gasteiger partial charge in [-0.15, -0.1) is 5.10 Å². The Balaban J connectivity index is 1.74. The summed E-state index contributed by atoms with van der Waals surface area (Å²) in [6.07, 6.45) is 2.05. The topological polar surface area (TPSA) is 71.8 Å². The van der Waals surface area contributed by atoms with Gasteiger partial charge in [-0.2, -0.15) is 4.98 Å². The van der Waals surface area contributed by atoms with Crippen LogP contribution in [0.1, 0.15) is 17.2 Å². The third-order valence-corrected chi connectivity index (χ3v) is 4.69. The highest BCUT2D eigenvalue weighted by Crippen LogP contribution is 2.33. The van der Waals surface area contributed by atoms with Crippen molar-refractivity contribution in [3.05, 3.63) is 77.9 Å². The van der Waals surface area contributed by atoms with Crippen molar-refractivity contribution in [1.29, 1.82) is 0 Å². The average molecular weight is 435 g/mol. The van der Waals surface area contributed by atoms with Gasteiger partial charge in [-0.1, -0.05) is 95.5 Å². The molecule has 6 nitrogen and oxygen atoms in total. The summed E-state index contributed by atoms with van der Waals surface area (Å²) >= 11 is 16.9. The second kappa shape index (κ2) is 7.47. The summed E-state index contributed by atoms with van der Waals surface area (Å²) in [6.45, 7) is 0. The Bertz CT molecular complexity index is 1030. The zero-order chi connectivity index (χ0) is 19.7. The summed E-state index contributed by atoms with van der Waals surface area (Å²) in [5.41, 5.74) is 2.90. The molecule has 1 aliphatic heterocycles. The first-order valence-electron chi connectivity index (χ1n) is 8.36. The minimum absolute atomic E-state index is 0.0440. The van der Waals surface area contributed by atoms with Crippen LogP contribution in [0.3, 0.4) is 0 Å². The van der Waals surface area contributed by atoms with Crippen molar-refractivity contribution in [1.82, 2.24) is 14.8 Å². The van der Waals surface area contributed by atoms with Crippen LogP contribution in [0, 0.1) is 0 Å². The zero-order valence-corrected chi connectivity index (χ0v) is 16.6. The molecule has 1 amide bonds. The van der Waals surface area contributed by atoms with Gasteiger partial charge in [0.2, 0.25) is 5.95 Å². The average Bonchev–Trinajstić information content (AvgIpc) is 3.10. The van der Waals surface area contributed by atoms with E-state index in [4.69, 9.17) is 34.8 Å². The SMILES string of the molecule is O=C(Nc1nc2n(n1)C(c1ccccc1)C=C(c1ccccc1)N2)C(Cl)(Cl)Cl. The minimum Gasteiger partial charge on any atom is -0.324 e. The lowest BCUT2D eigenvalue weighted by molar-refractivity contribution is -0.115. The third kappa shape index (κ3) is 3.85. The predicted molar refractivity (Wildman–Crippen MR) is 112 cm³/mol. The Morgan fingerprint density at radius 2 is 1.68 bits per heavy atom. The van der Waals surface area contributed by atoms with Crippen molar-refractivity contribution < 1.29 is 4.79 Å². The summed E-state index contributed by atoms with van der Waals surface area (Å²) in [6, 6.07) is 19.5. The molecule has 2 N–H and O–H groups in total. The van der Waals surface area contributed by atoms with E-state index in [9.17, 15) is 4.79 Å². The van der Waals surface area contributed by atoms with Gasteiger partial charge in [0.25, 0.3) is 15.6 Å². The number of hydrogen-bond donors (Lipinski definition) is 2. The molecule has 1 unspecified atom stereocenters. The quantitative estimate of drug-likeness (QED) is 0.589. The molecule has 1 atom stereocenters. The van der Waals surface area contributed by atoms with Crippen LogP contribution in [0.5, 0.6) is 0 Å². The molecule has 0 bridgehead atoms. The molecule has 9 heteroatoms. The second-order valence-electron chi connectivity index (χ2n) is 6.08. The number of aromatic nitrogens is 3. The van der Waals surface area contributed by atoms with Crippen molar-refractivity contribution >= 4 is 58.3 Å². The summed E-state index contributed by atoms with van der Waals surface area (Å²) in [5.74, 6) is -0.315. The number of carbonyl (C=O) groups excluding carboxylic acids is 1. The largest absolute Gasteiger partial charge is 0.324 e. The first-order valence-corrected chi connectivity index (χ1v) is 9.49. The Labute approximate surface area is 176 Å². The lowest BCUT2D eigenvalue weighted by Gasteiger charge is -2.24.